The summed E-state index contributed by atoms with van der Waals surface area (Å²) >= 11 is -1.63. The monoisotopic (exact) mass is 715 g/mol. The average Bonchev–Trinajstić information content (AvgIpc) is 3.44. The Bertz CT molecular complexity index is 1600. The molecule has 0 bridgehead atoms. The van der Waals surface area contributed by atoms with Gasteiger partial charge in [0, 0.05) is 30.7 Å². The van der Waals surface area contributed by atoms with E-state index in [4.69, 9.17) is 24.1 Å². The summed E-state index contributed by atoms with van der Waals surface area (Å²) in [7, 11) is 10.8. The Balaban J connectivity index is 0.000000177. The number of fused-ring (bicyclic) bond motifs is 3. The fourth-order valence-corrected chi connectivity index (χ4v) is 6.96. The van der Waals surface area contributed by atoms with E-state index in [1.54, 1.807) is 0 Å². The molecule has 4 nitrogen and oxygen atoms in total. The summed E-state index contributed by atoms with van der Waals surface area (Å²) in [5.74, 6) is 0. The Morgan fingerprint density at radius 2 is 1.34 bits per heavy atom. The molecule has 0 unspecified atom stereocenters. The van der Waals surface area contributed by atoms with Crippen LogP contribution in [0.5, 0.6) is 0 Å². The van der Waals surface area contributed by atoms with E-state index >= 15 is 0 Å². The van der Waals surface area contributed by atoms with Gasteiger partial charge in [-0.2, -0.15) is 6.67 Å². The van der Waals surface area contributed by atoms with Crippen LogP contribution in [0.3, 0.4) is 0 Å². The van der Waals surface area contributed by atoms with Gasteiger partial charge in [0.25, 0.3) is 0 Å². The number of hydrogen-bond donors (Lipinski definition) is 0. The standard InChI is InChI=1S/C21H27N2.C13H8N.C3H6O.2ClH.Ru/c1-14-9-16(3)20(17(4)10-14)22-7-8-23(13-22)21-18(5)11-15(2)12-19(21)6;1-2-6-12-10(4-1)7-8-11-5-3-9-14-13(11)12;1-3-4-2;;;/h9-13H,7-8H2,1-6H3;1-5,7-9H;2H,3H2,1H3;2*1H;/q2*-1;;;;+2/p-2. The van der Waals surface area contributed by atoms with E-state index in [0.29, 0.717) is 6.61 Å². The molecule has 0 saturated carbocycles. The van der Waals surface area contributed by atoms with Crippen molar-refractivity contribution in [2.45, 2.75) is 48.5 Å². The molecular weight excluding hydrogens is 674 g/mol. The van der Waals surface area contributed by atoms with Crippen LogP contribution in [0.2, 0.25) is 0 Å². The van der Waals surface area contributed by atoms with Gasteiger partial charge in [0.1, 0.15) is 0 Å². The molecule has 1 aliphatic heterocycles. The smallest absolute Gasteiger partial charge is 0.0161 e. The maximum absolute atomic E-state index is 5.38. The fourth-order valence-electron chi connectivity index (χ4n) is 5.93. The molecule has 0 amide bonds. The topological polar surface area (TPSA) is 28.6 Å². The van der Waals surface area contributed by atoms with Crippen LogP contribution in [0.25, 0.3) is 21.7 Å². The maximum atomic E-state index is 5.38. The van der Waals surface area contributed by atoms with Crippen LogP contribution in [0.4, 0.5) is 11.4 Å². The maximum Gasteiger partial charge on any atom is 0.0161 e. The molecular formula is C37H41Cl2N3ORu-2. The molecule has 2 heterocycles. The minimum Gasteiger partial charge on any atom is -0.502 e. The second kappa shape index (κ2) is 16.0. The Labute approximate surface area is 276 Å². The normalized spacial score (nSPS) is 12.9. The molecule has 7 heteroatoms. The number of hydrogen-bond acceptors (Lipinski definition) is 4. The molecule has 0 N–H and O–H groups in total. The average molecular weight is 716 g/mol. The minimum atomic E-state index is -1.63. The van der Waals surface area contributed by atoms with E-state index in [-0.39, 0.29) is 0 Å². The van der Waals surface area contributed by atoms with Crippen LogP contribution >= 0.6 is 19.4 Å². The van der Waals surface area contributed by atoms with Gasteiger partial charge >= 0.3 is 56.0 Å². The number of nitrogens with zero attached hydrogens (tertiary/aromatic N) is 3. The van der Waals surface area contributed by atoms with Crippen LogP contribution in [-0.4, -0.2) is 29.5 Å². The van der Waals surface area contributed by atoms with Crippen LogP contribution in [0.15, 0.2) is 72.9 Å². The largest absolute Gasteiger partial charge is 0.502 e. The van der Waals surface area contributed by atoms with E-state index in [1.807, 2.05) is 31.3 Å². The molecule has 4 aromatic carbocycles. The summed E-state index contributed by atoms with van der Waals surface area (Å²) < 4.78 is 4.77. The second-order valence-electron chi connectivity index (χ2n) is 11.0. The molecule has 234 valence electrons. The summed E-state index contributed by atoms with van der Waals surface area (Å²) in [4.78, 5) is 10.7. The van der Waals surface area contributed by atoms with Gasteiger partial charge in [-0.15, -0.1) is 35.0 Å². The zero-order chi connectivity index (χ0) is 31.8. The zero-order valence-corrected chi connectivity index (χ0v) is 29.8. The number of halogens is 2. The van der Waals surface area contributed by atoms with Gasteiger partial charge in [0.05, 0.1) is 0 Å². The Hall–Kier alpha value is -2.82. The van der Waals surface area contributed by atoms with Crippen molar-refractivity contribution in [3.8, 4) is 0 Å². The molecule has 0 atom stereocenters. The third-order valence-electron chi connectivity index (χ3n) is 7.40. The first-order chi connectivity index (χ1) is 21.1. The van der Waals surface area contributed by atoms with Gasteiger partial charge in [-0.05, 0) is 80.8 Å². The van der Waals surface area contributed by atoms with E-state index < -0.39 is 13.5 Å². The molecule has 6 rings (SSSR count). The van der Waals surface area contributed by atoms with Crippen molar-refractivity contribution in [3.63, 3.8) is 0 Å². The van der Waals surface area contributed by atoms with Crippen molar-refractivity contribution in [2.24, 2.45) is 0 Å². The molecule has 1 saturated heterocycles. The fraction of sp³-hybridized carbons (Fsp3) is 0.270. The number of rotatable bonds is 4. The van der Waals surface area contributed by atoms with Gasteiger partial charge in [-0.25, -0.2) is 0 Å². The third-order valence-corrected chi connectivity index (χ3v) is 8.75. The number of pyridine rings is 1. The number of anilines is 2. The Kier molecular flexibility index (Phi) is 12.4. The first kappa shape index (κ1) is 34.1. The summed E-state index contributed by atoms with van der Waals surface area (Å²) in [6.45, 7) is 20.1. The van der Waals surface area contributed by atoms with Crippen molar-refractivity contribution in [1.29, 1.82) is 0 Å². The van der Waals surface area contributed by atoms with Crippen LogP contribution < -0.4 is 9.80 Å². The zero-order valence-electron chi connectivity index (χ0n) is 26.6. The number of benzene rings is 4. The van der Waals surface area contributed by atoms with Crippen molar-refractivity contribution >= 4 is 57.2 Å². The van der Waals surface area contributed by atoms with Crippen molar-refractivity contribution in [1.82, 2.24) is 4.98 Å². The van der Waals surface area contributed by atoms with Gasteiger partial charge < -0.3 is 14.8 Å². The second-order valence-corrected chi connectivity index (χ2v) is 16.6. The first-order valence-electron chi connectivity index (χ1n) is 14.7. The molecule has 5 aromatic rings. The quantitative estimate of drug-likeness (QED) is 0.105. The van der Waals surface area contributed by atoms with E-state index in [1.165, 1.54) is 60.3 Å². The van der Waals surface area contributed by atoms with Crippen molar-refractivity contribution in [3.05, 3.63) is 119 Å². The van der Waals surface area contributed by atoms with Crippen LogP contribution in [0.1, 0.15) is 40.3 Å². The van der Waals surface area contributed by atoms with E-state index in [9.17, 15) is 0 Å². The molecule has 1 aliphatic rings. The number of aromatic nitrogens is 1. The number of aryl methyl sites for hydroxylation is 6. The van der Waals surface area contributed by atoms with Crippen LogP contribution in [0, 0.1) is 54.3 Å². The van der Waals surface area contributed by atoms with Crippen molar-refractivity contribution < 1.29 is 18.3 Å². The molecule has 44 heavy (non-hydrogen) atoms. The summed E-state index contributed by atoms with van der Waals surface area (Å²) in [6, 6.07) is 26.6. The SMILES string of the molecule is CCO[CH]=[Ru]([Cl])[Cl].Cc1cc(C)c(N2[CH-]N(c3c(C)cc(C)cc3C)CC2)c(C)c1.[c-]1cccc2ccc3cccnc3c12. The summed E-state index contributed by atoms with van der Waals surface area (Å²) in [5, 5.41) is 3.46. The van der Waals surface area contributed by atoms with Gasteiger partial charge in [0.2, 0.25) is 0 Å². The Morgan fingerprint density at radius 3 is 1.84 bits per heavy atom. The molecule has 0 spiro atoms. The molecule has 0 radical (unpaired) electrons. The first-order valence-corrected chi connectivity index (χ1v) is 20.2. The predicted octanol–water partition coefficient (Wildman–Crippen LogP) is 9.88. The number of ether oxygens (including phenoxy) is 1. The van der Waals surface area contributed by atoms with Crippen molar-refractivity contribution in [2.75, 3.05) is 29.5 Å². The molecule has 1 aromatic heterocycles. The predicted molar refractivity (Wildman–Crippen MR) is 188 cm³/mol. The third kappa shape index (κ3) is 8.67. The minimum absolute atomic E-state index is 0.657. The molecule has 1 fully saturated rings. The van der Waals surface area contributed by atoms with Gasteiger partial charge in [-0.1, -0.05) is 53.6 Å². The Morgan fingerprint density at radius 1 is 0.818 bits per heavy atom. The summed E-state index contributed by atoms with van der Waals surface area (Å²) in [6.07, 6.45) is 1.82. The van der Waals surface area contributed by atoms with E-state index in [0.717, 1.165) is 24.0 Å². The van der Waals surface area contributed by atoms with Crippen LogP contribution in [-0.2, 0) is 18.3 Å². The molecule has 0 aliphatic carbocycles. The van der Waals surface area contributed by atoms with Gasteiger partial charge in [-0.3, -0.25) is 0 Å². The van der Waals surface area contributed by atoms with E-state index in [2.05, 4.69) is 118 Å². The van der Waals surface area contributed by atoms with Gasteiger partial charge in [0.15, 0.2) is 0 Å². The summed E-state index contributed by atoms with van der Waals surface area (Å²) in [5.41, 5.74) is 11.9.